The SMILES string of the molecule is COc1cc(OC)cc(C(O)CNC(=O)CC2CC3CCC(C2)N3)c1. The second-order valence-electron chi connectivity index (χ2n) is 7.15. The third-order valence-electron chi connectivity index (χ3n) is 5.30. The molecule has 2 saturated heterocycles. The molecule has 2 aliphatic heterocycles. The number of piperidine rings is 1. The smallest absolute Gasteiger partial charge is 0.220 e. The zero-order chi connectivity index (χ0) is 17.8. The zero-order valence-electron chi connectivity index (χ0n) is 15.0. The molecule has 3 unspecified atom stereocenters. The molecule has 3 N–H and O–H groups in total. The van der Waals surface area contributed by atoms with Gasteiger partial charge in [0.05, 0.1) is 20.3 Å². The summed E-state index contributed by atoms with van der Waals surface area (Å²) in [5.74, 6) is 1.70. The summed E-state index contributed by atoms with van der Waals surface area (Å²) in [6.45, 7) is 0.187. The molecule has 1 aromatic carbocycles. The number of amides is 1. The van der Waals surface area contributed by atoms with E-state index < -0.39 is 6.10 Å². The largest absolute Gasteiger partial charge is 0.497 e. The van der Waals surface area contributed by atoms with Crippen LogP contribution in [0.5, 0.6) is 11.5 Å². The Bertz CT molecular complexity index is 573. The maximum atomic E-state index is 12.2. The van der Waals surface area contributed by atoms with Gasteiger partial charge < -0.3 is 25.2 Å². The maximum Gasteiger partial charge on any atom is 0.220 e. The topological polar surface area (TPSA) is 79.8 Å². The normalized spacial score (nSPS) is 26.1. The van der Waals surface area contributed by atoms with Gasteiger partial charge >= 0.3 is 0 Å². The molecule has 0 aromatic heterocycles. The lowest BCUT2D eigenvalue weighted by molar-refractivity contribution is -0.122. The summed E-state index contributed by atoms with van der Waals surface area (Å²) in [6.07, 6.45) is 4.39. The zero-order valence-corrected chi connectivity index (χ0v) is 15.0. The van der Waals surface area contributed by atoms with E-state index in [4.69, 9.17) is 9.47 Å². The number of nitrogens with one attached hydrogen (secondary N) is 2. The summed E-state index contributed by atoms with van der Waals surface area (Å²) in [4.78, 5) is 12.2. The van der Waals surface area contributed by atoms with E-state index in [-0.39, 0.29) is 12.5 Å². The number of ether oxygens (including phenoxy) is 2. The van der Waals surface area contributed by atoms with E-state index in [2.05, 4.69) is 10.6 Å². The highest BCUT2D eigenvalue weighted by Gasteiger charge is 2.34. The van der Waals surface area contributed by atoms with E-state index in [1.54, 1.807) is 32.4 Å². The number of rotatable bonds is 7. The van der Waals surface area contributed by atoms with E-state index in [1.165, 1.54) is 12.8 Å². The van der Waals surface area contributed by atoms with Crippen molar-refractivity contribution >= 4 is 5.91 Å². The second kappa shape index (κ2) is 8.06. The fourth-order valence-electron chi connectivity index (χ4n) is 4.03. The predicted octanol–water partition coefficient (Wildman–Crippen LogP) is 1.77. The first kappa shape index (κ1) is 18.0. The van der Waals surface area contributed by atoms with Gasteiger partial charge in [-0.05, 0) is 49.3 Å². The molecule has 25 heavy (non-hydrogen) atoms. The molecule has 3 rings (SSSR count). The number of aliphatic hydroxyl groups is 1. The third-order valence-corrected chi connectivity index (χ3v) is 5.30. The van der Waals surface area contributed by atoms with Gasteiger partial charge in [-0.1, -0.05) is 0 Å². The van der Waals surface area contributed by atoms with Crippen LogP contribution in [0.1, 0.15) is 43.8 Å². The summed E-state index contributed by atoms with van der Waals surface area (Å²) in [7, 11) is 3.14. The summed E-state index contributed by atoms with van der Waals surface area (Å²) in [5, 5.41) is 16.8. The number of hydrogen-bond acceptors (Lipinski definition) is 5. The quantitative estimate of drug-likeness (QED) is 0.700. The number of carbonyl (C=O) groups is 1. The summed E-state index contributed by atoms with van der Waals surface area (Å²) in [6, 6.07) is 6.44. The maximum absolute atomic E-state index is 12.2. The number of methoxy groups -OCH3 is 2. The van der Waals surface area contributed by atoms with Crippen LogP contribution in [0.3, 0.4) is 0 Å². The van der Waals surface area contributed by atoms with E-state index >= 15 is 0 Å². The Morgan fingerprint density at radius 1 is 1.20 bits per heavy atom. The number of aliphatic hydroxyl groups excluding tert-OH is 1. The minimum absolute atomic E-state index is 0.0141. The van der Waals surface area contributed by atoms with Gasteiger partial charge in [0.25, 0.3) is 0 Å². The Labute approximate surface area is 148 Å². The van der Waals surface area contributed by atoms with E-state index in [1.807, 2.05) is 0 Å². The predicted molar refractivity (Wildman–Crippen MR) is 94.8 cm³/mol. The molecule has 3 atom stereocenters. The standard InChI is InChI=1S/C19H28N2O4/c1-24-16-8-13(9-17(10-16)25-2)18(22)11-20-19(23)7-12-5-14-3-4-15(6-12)21-14/h8-10,12,14-15,18,21-22H,3-7,11H2,1-2H3,(H,20,23). The lowest BCUT2D eigenvalue weighted by Gasteiger charge is -2.28. The third kappa shape index (κ3) is 4.64. The highest BCUT2D eigenvalue weighted by Crippen LogP contribution is 2.32. The van der Waals surface area contributed by atoms with E-state index in [9.17, 15) is 9.90 Å². The molecule has 1 amide bonds. The molecule has 6 nitrogen and oxygen atoms in total. The van der Waals surface area contributed by atoms with Crippen LogP contribution in [0.4, 0.5) is 0 Å². The van der Waals surface area contributed by atoms with Gasteiger partial charge in [-0.3, -0.25) is 4.79 Å². The van der Waals surface area contributed by atoms with Crippen LogP contribution in [0.2, 0.25) is 0 Å². The minimum Gasteiger partial charge on any atom is -0.497 e. The monoisotopic (exact) mass is 348 g/mol. The molecule has 0 spiro atoms. The van der Waals surface area contributed by atoms with Crippen LogP contribution in [-0.4, -0.2) is 43.9 Å². The first-order valence-electron chi connectivity index (χ1n) is 9.01. The van der Waals surface area contributed by atoms with Gasteiger partial charge in [-0.15, -0.1) is 0 Å². The summed E-state index contributed by atoms with van der Waals surface area (Å²) < 4.78 is 10.4. The molecule has 0 saturated carbocycles. The average molecular weight is 348 g/mol. The highest BCUT2D eigenvalue weighted by molar-refractivity contribution is 5.76. The molecule has 138 valence electrons. The van der Waals surface area contributed by atoms with Gasteiger partial charge in [0.15, 0.2) is 0 Å². The molecule has 2 fully saturated rings. The Morgan fingerprint density at radius 2 is 1.80 bits per heavy atom. The lowest BCUT2D eigenvalue weighted by Crippen LogP contribution is -2.40. The number of hydrogen-bond donors (Lipinski definition) is 3. The van der Waals surface area contributed by atoms with Gasteiger partial charge in [-0.25, -0.2) is 0 Å². The van der Waals surface area contributed by atoms with Crippen LogP contribution < -0.4 is 20.1 Å². The molecule has 6 heteroatoms. The molecular weight excluding hydrogens is 320 g/mol. The average Bonchev–Trinajstić information content (AvgIpc) is 2.97. The fourth-order valence-corrected chi connectivity index (χ4v) is 4.03. The van der Waals surface area contributed by atoms with Crippen LogP contribution in [0.15, 0.2) is 18.2 Å². The van der Waals surface area contributed by atoms with Crippen LogP contribution in [0.25, 0.3) is 0 Å². The molecule has 2 aliphatic rings. The Hall–Kier alpha value is -1.79. The molecular formula is C19H28N2O4. The van der Waals surface area contributed by atoms with Crippen LogP contribution >= 0.6 is 0 Å². The first-order chi connectivity index (χ1) is 12.1. The van der Waals surface area contributed by atoms with Gasteiger partial charge in [0.1, 0.15) is 11.5 Å². The van der Waals surface area contributed by atoms with Crippen molar-refractivity contribution < 1.29 is 19.4 Å². The lowest BCUT2D eigenvalue weighted by atomic mass is 9.89. The summed E-state index contributed by atoms with van der Waals surface area (Å²) in [5.41, 5.74) is 0.663. The molecule has 2 heterocycles. The van der Waals surface area contributed by atoms with Gasteiger partial charge in [0, 0.05) is 31.1 Å². The van der Waals surface area contributed by atoms with Crippen molar-refractivity contribution in [3.8, 4) is 11.5 Å². The molecule has 1 aromatic rings. The van der Waals surface area contributed by atoms with E-state index in [0.29, 0.717) is 41.5 Å². The van der Waals surface area contributed by atoms with Crippen LogP contribution in [-0.2, 0) is 4.79 Å². The Morgan fingerprint density at radius 3 is 2.36 bits per heavy atom. The Balaban J connectivity index is 1.50. The van der Waals surface area contributed by atoms with Crippen molar-refractivity contribution in [1.82, 2.24) is 10.6 Å². The van der Waals surface area contributed by atoms with Crippen molar-refractivity contribution in [2.24, 2.45) is 5.92 Å². The summed E-state index contributed by atoms with van der Waals surface area (Å²) >= 11 is 0. The van der Waals surface area contributed by atoms with Crippen molar-refractivity contribution in [2.45, 2.75) is 50.3 Å². The first-order valence-corrected chi connectivity index (χ1v) is 9.01. The molecule has 0 aliphatic carbocycles. The second-order valence-corrected chi connectivity index (χ2v) is 7.15. The van der Waals surface area contributed by atoms with Crippen molar-refractivity contribution in [3.63, 3.8) is 0 Å². The fraction of sp³-hybridized carbons (Fsp3) is 0.632. The molecule has 2 bridgehead atoms. The Kier molecular flexibility index (Phi) is 5.81. The van der Waals surface area contributed by atoms with Gasteiger partial charge in [0.2, 0.25) is 5.91 Å². The number of benzene rings is 1. The highest BCUT2D eigenvalue weighted by atomic mass is 16.5. The van der Waals surface area contributed by atoms with Crippen LogP contribution in [0, 0.1) is 5.92 Å². The van der Waals surface area contributed by atoms with E-state index in [0.717, 1.165) is 12.8 Å². The van der Waals surface area contributed by atoms with Gasteiger partial charge in [-0.2, -0.15) is 0 Å². The van der Waals surface area contributed by atoms with Crippen molar-refractivity contribution in [2.75, 3.05) is 20.8 Å². The number of carbonyl (C=O) groups excluding carboxylic acids is 1. The minimum atomic E-state index is -0.794. The number of fused-ring (bicyclic) bond motifs is 2. The molecule has 0 radical (unpaired) electrons. The van der Waals surface area contributed by atoms with Crippen molar-refractivity contribution in [1.29, 1.82) is 0 Å². The van der Waals surface area contributed by atoms with Crippen molar-refractivity contribution in [3.05, 3.63) is 23.8 Å².